The fourth-order valence-electron chi connectivity index (χ4n) is 2.14. The fraction of sp³-hybridized carbons (Fsp3) is 0.188. The van der Waals surface area contributed by atoms with Crippen molar-refractivity contribution in [2.24, 2.45) is 0 Å². The van der Waals surface area contributed by atoms with Gasteiger partial charge in [-0.1, -0.05) is 5.16 Å². The number of ether oxygens (including phenoxy) is 1. The van der Waals surface area contributed by atoms with Gasteiger partial charge in [0.2, 0.25) is 11.8 Å². The van der Waals surface area contributed by atoms with E-state index in [4.69, 9.17) is 4.52 Å². The lowest BCUT2D eigenvalue weighted by molar-refractivity contribution is -0.118. The van der Waals surface area contributed by atoms with E-state index in [1.807, 2.05) is 0 Å². The highest BCUT2D eigenvalue weighted by molar-refractivity contribution is 5.92. The van der Waals surface area contributed by atoms with E-state index in [-0.39, 0.29) is 17.5 Å². The molecule has 25 heavy (non-hydrogen) atoms. The number of amides is 1. The minimum absolute atomic E-state index is 0.0462. The molecule has 0 aliphatic carbocycles. The summed E-state index contributed by atoms with van der Waals surface area (Å²) in [5.74, 6) is -0.0637. The molecule has 0 aliphatic heterocycles. The summed E-state index contributed by atoms with van der Waals surface area (Å²) in [6, 6.07) is 7.00. The molecule has 0 fully saturated rings. The number of halogens is 2. The molecule has 0 saturated carbocycles. The van der Waals surface area contributed by atoms with E-state index >= 15 is 0 Å². The van der Waals surface area contributed by atoms with E-state index in [2.05, 4.69) is 20.2 Å². The van der Waals surface area contributed by atoms with Gasteiger partial charge < -0.3 is 13.8 Å². The highest BCUT2D eigenvalue weighted by Crippen LogP contribution is 2.25. The van der Waals surface area contributed by atoms with Gasteiger partial charge in [-0.05, 0) is 31.2 Å². The van der Waals surface area contributed by atoms with E-state index in [0.29, 0.717) is 11.3 Å². The fourth-order valence-corrected chi connectivity index (χ4v) is 2.14. The van der Waals surface area contributed by atoms with Crippen LogP contribution in [0.3, 0.4) is 0 Å². The second-order valence-electron chi connectivity index (χ2n) is 5.15. The van der Waals surface area contributed by atoms with Crippen LogP contribution in [0.2, 0.25) is 0 Å². The van der Waals surface area contributed by atoms with Crippen LogP contribution in [0, 0.1) is 0 Å². The SMILES string of the molecule is C[C@@H](C(=O)Nc1cc(-c2ccc(OC(F)F)cc2)no1)n1ccnc1. The number of benzene rings is 1. The molecule has 3 rings (SSSR count). The summed E-state index contributed by atoms with van der Waals surface area (Å²) in [6.07, 6.45) is 4.80. The number of anilines is 1. The molecule has 2 heterocycles. The number of aromatic nitrogens is 3. The molecule has 130 valence electrons. The van der Waals surface area contributed by atoms with Gasteiger partial charge in [0.15, 0.2) is 0 Å². The number of alkyl halides is 2. The third-order valence-corrected chi connectivity index (χ3v) is 3.48. The molecule has 0 unspecified atom stereocenters. The van der Waals surface area contributed by atoms with Crippen LogP contribution in [0.4, 0.5) is 14.7 Å². The van der Waals surface area contributed by atoms with Crippen molar-refractivity contribution >= 4 is 11.8 Å². The molecule has 1 atom stereocenters. The molecule has 0 bridgehead atoms. The van der Waals surface area contributed by atoms with E-state index < -0.39 is 12.7 Å². The van der Waals surface area contributed by atoms with Gasteiger partial charge in [-0.15, -0.1) is 0 Å². The molecule has 1 amide bonds. The molecular weight excluding hydrogens is 334 g/mol. The molecule has 1 aromatic carbocycles. The first-order valence-corrected chi connectivity index (χ1v) is 7.33. The lowest BCUT2D eigenvalue weighted by atomic mass is 10.1. The van der Waals surface area contributed by atoms with Crippen molar-refractivity contribution in [1.82, 2.24) is 14.7 Å². The Morgan fingerprint density at radius 2 is 2.08 bits per heavy atom. The standard InChI is InChI=1S/C16H14F2N4O3/c1-10(22-7-6-19-9-22)15(23)20-14-8-13(21-25-14)11-2-4-12(5-3-11)24-16(17)18/h2-10,16H,1H3,(H,20,23)/t10-/m0/s1. The number of nitrogens with one attached hydrogen (secondary N) is 1. The normalized spacial score (nSPS) is 12.2. The van der Waals surface area contributed by atoms with E-state index in [9.17, 15) is 13.6 Å². The van der Waals surface area contributed by atoms with Crippen molar-refractivity contribution < 1.29 is 22.8 Å². The molecule has 7 nitrogen and oxygen atoms in total. The van der Waals surface area contributed by atoms with Crippen LogP contribution in [0.15, 0.2) is 53.6 Å². The lowest BCUT2D eigenvalue weighted by Crippen LogP contribution is -2.22. The number of imidazole rings is 1. The zero-order chi connectivity index (χ0) is 17.8. The van der Waals surface area contributed by atoms with Gasteiger partial charge in [-0.25, -0.2) is 4.98 Å². The first kappa shape index (κ1) is 16.6. The molecule has 3 aromatic rings. The maximum Gasteiger partial charge on any atom is 0.387 e. The highest BCUT2D eigenvalue weighted by Gasteiger charge is 2.17. The van der Waals surface area contributed by atoms with Crippen molar-refractivity contribution in [2.75, 3.05) is 5.32 Å². The molecule has 0 radical (unpaired) electrons. The average molecular weight is 348 g/mol. The Morgan fingerprint density at radius 1 is 1.32 bits per heavy atom. The summed E-state index contributed by atoms with van der Waals surface area (Å²) in [5, 5.41) is 6.47. The quantitative estimate of drug-likeness (QED) is 0.739. The summed E-state index contributed by atoms with van der Waals surface area (Å²) in [4.78, 5) is 16.1. The summed E-state index contributed by atoms with van der Waals surface area (Å²) in [6.45, 7) is -1.16. The summed E-state index contributed by atoms with van der Waals surface area (Å²) < 4.78 is 35.3. The first-order valence-electron chi connectivity index (χ1n) is 7.33. The second kappa shape index (κ2) is 7.12. The van der Waals surface area contributed by atoms with Gasteiger partial charge in [-0.3, -0.25) is 10.1 Å². The Hall–Kier alpha value is -3.23. The van der Waals surface area contributed by atoms with Crippen molar-refractivity contribution in [3.8, 4) is 17.0 Å². The molecule has 0 aliphatic rings. The van der Waals surface area contributed by atoms with Gasteiger partial charge >= 0.3 is 6.61 Å². The zero-order valence-electron chi connectivity index (χ0n) is 13.1. The Kier molecular flexibility index (Phi) is 4.73. The minimum atomic E-state index is -2.88. The lowest BCUT2D eigenvalue weighted by Gasteiger charge is -2.11. The van der Waals surface area contributed by atoms with Crippen LogP contribution in [0.1, 0.15) is 13.0 Å². The number of nitrogens with zero attached hydrogens (tertiary/aromatic N) is 3. The molecule has 1 N–H and O–H groups in total. The third kappa shape index (κ3) is 4.00. The summed E-state index contributed by atoms with van der Waals surface area (Å²) in [5.41, 5.74) is 1.09. The number of hydrogen-bond acceptors (Lipinski definition) is 5. The largest absolute Gasteiger partial charge is 0.435 e. The zero-order valence-corrected chi connectivity index (χ0v) is 13.1. The Labute approximate surface area is 141 Å². The predicted molar refractivity (Wildman–Crippen MR) is 84.1 cm³/mol. The van der Waals surface area contributed by atoms with Crippen molar-refractivity contribution in [2.45, 2.75) is 19.6 Å². The van der Waals surface area contributed by atoms with Crippen LogP contribution in [0.5, 0.6) is 5.75 Å². The average Bonchev–Trinajstić information content (AvgIpc) is 3.26. The highest BCUT2D eigenvalue weighted by atomic mass is 19.3. The molecule has 9 heteroatoms. The number of carbonyl (C=O) groups is 1. The van der Waals surface area contributed by atoms with E-state index in [0.717, 1.165) is 0 Å². The monoisotopic (exact) mass is 348 g/mol. The van der Waals surface area contributed by atoms with Crippen LogP contribution < -0.4 is 10.1 Å². The maximum absolute atomic E-state index is 12.2. The maximum atomic E-state index is 12.2. The van der Waals surface area contributed by atoms with Gasteiger partial charge in [-0.2, -0.15) is 8.78 Å². The Morgan fingerprint density at radius 3 is 2.72 bits per heavy atom. The first-order chi connectivity index (χ1) is 12.0. The topological polar surface area (TPSA) is 82.2 Å². The van der Waals surface area contributed by atoms with Gasteiger partial charge in [0.05, 0.1) is 6.33 Å². The summed E-state index contributed by atoms with van der Waals surface area (Å²) >= 11 is 0. The van der Waals surface area contributed by atoms with E-state index in [1.165, 1.54) is 12.1 Å². The predicted octanol–water partition coefficient (Wildman–Crippen LogP) is 3.34. The third-order valence-electron chi connectivity index (χ3n) is 3.48. The van der Waals surface area contributed by atoms with E-state index in [1.54, 1.807) is 48.4 Å². The Bertz CT molecular complexity index is 831. The molecular formula is C16H14F2N4O3. The van der Waals surface area contributed by atoms with Crippen molar-refractivity contribution in [3.05, 3.63) is 49.1 Å². The van der Waals surface area contributed by atoms with Crippen molar-refractivity contribution in [1.29, 1.82) is 0 Å². The molecule has 0 saturated heterocycles. The number of carbonyl (C=O) groups excluding carboxylic acids is 1. The summed E-state index contributed by atoms with van der Waals surface area (Å²) in [7, 11) is 0. The van der Waals surface area contributed by atoms with Gasteiger partial charge in [0.1, 0.15) is 17.5 Å². The van der Waals surface area contributed by atoms with Crippen LogP contribution >= 0.6 is 0 Å². The molecule has 2 aromatic heterocycles. The second-order valence-corrected chi connectivity index (χ2v) is 5.15. The smallest absolute Gasteiger partial charge is 0.387 e. The Balaban J connectivity index is 1.67. The minimum Gasteiger partial charge on any atom is -0.435 e. The van der Waals surface area contributed by atoms with Crippen LogP contribution in [-0.4, -0.2) is 27.2 Å². The van der Waals surface area contributed by atoms with Crippen molar-refractivity contribution in [3.63, 3.8) is 0 Å². The molecule has 0 spiro atoms. The van der Waals surface area contributed by atoms with Crippen LogP contribution in [-0.2, 0) is 4.79 Å². The number of hydrogen-bond donors (Lipinski definition) is 1. The van der Waals surface area contributed by atoms with Gasteiger partial charge in [0, 0.05) is 24.0 Å². The van der Waals surface area contributed by atoms with Crippen LogP contribution in [0.25, 0.3) is 11.3 Å². The van der Waals surface area contributed by atoms with Gasteiger partial charge in [0.25, 0.3) is 0 Å². The number of rotatable bonds is 6.